The maximum atomic E-state index is 12.7. The maximum absolute atomic E-state index is 12.7. The van der Waals surface area contributed by atoms with Gasteiger partial charge in [0, 0.05) is 18.5 Å². The Hall–Kier alpha value is -1.42. The van der Waals surface area contributed by atoms with E-state index in [9.17, 15) is 4.79 Å². The average Bonchev–Trinajstić information content (AvgIpc) is 2.53. The minimum Gasteiger partial charge on any atom is -0.497 e. The number of amides is 1. The summed E-state index contributed by atoms with van der Waals surface area (Å²) in [5, 5.41) is 0. The van der Waals surface area contributed by atoms with E-state index in [0.29, 0.717) is 22.9 Å². The van der Waals surface area contributed by atoms with Crippen molar-refractivity contribution in [2.75, 3.05) is 26.6 Å². The summed E-state index contributed by atoms with van der Waals surface area (Å²) in [5.74, 6) is 1.65. The van der Waals surface area contributed by atoms with Crippen LogP contribution in [0.3, 0.4) is 0 Å². The fourth-order valence-corrected chi connectivity index (χ4v) is 2.89. The van der Waals surface area contributed by atoms with Crippen LogP contribution in [0.5, 0.6) is 11.5 Å². The van der Waals surface area contributed by atoms with Gasteiger partial charge in [0.05, 0.1) is 19.8 Å². The molecule has 1 aliphatic rings. The molecule has 0 aliphatic carbocycles. The summed E-state index contributed by atoms with van der Waals surface area (Å²) < 4.78 is 10.5. The summed E-state index contributed by atoms with van der Waals surface area (Å²) >= 11 is 5.99. The minimum atomic E-state index is -0.0360. The Morgan fingerprint density at radius 2 is 2.15 bits per heavy atom. The third-order valence-electron chi connectivity index (χ3n) is 3.70. The van der Waals surface area contributed by atoms with E-state index in [1.807, 2.05) is 4.90 Å². The third kappa shape index (κ3) is 3.01. The molecule has 0 bridgehead atoms. The topological polar surface area (TPSA) is 38.8 Å². The fraction of sp³-hybridized carbons (Fsp3) is 0.533. The number of halogens is 1. The van der Waals surface area contributed by atoms with Crippen LogP contribution in [-0.2, 0) is 0 Å². The second-order valence-corrected chi connectivity index (χ2v) is 5.18. The predicted octanol–water partition coefficient (Wildman–Crippen LogP) is 2.94. The Labute approximate surface area is 124 Å². The highest BCUT2D eigenvalue weighted by atomic mass is 35.5. The maximum Gasteiger partial charge on any atom is 0.258 e. The number of ether oxygens (including phenoxy) is 2. The van der Waals surface area contributed by atoms with Crippen molar-refractivity contribution in [1.29, 1.82) is 0 Å². The molecule has 1 amide bonds. The number of nitrogens with zero attached hydrogens (tertiary/aromatic N) is 1. The van der Waals surface area contributed by atoms with E-state index < -0.39 is 0 Å². The Balaban J connectivity index is 2.31. The first-order chi connectivity index (χ1) is 9.71. The van der Waals surface area contributed by atoms with Crippen LogP contribution in [0.4, 0.5) is 0 Å². The summed E-state index contributed by atoms with van der Waals surface area (Å²) in [7, 11) is 3.15. The van der Waals surface area contributed by atoms with Crippen molar-refractivity contribution in [3.05, 3.63) is 23.8 Å². The molecule has 1 heterocycles. The number of hydrogen-bond acceptors (Lipinski definition) is 3. The van der Waals surface area contributed by atoms with Crippen molar-refractivity contribution >= 4 is 17.5 Å². The fourth-order valence-electron chi connectivity index (χ4n) is 2.56. The number of rotatable bonds is 4. The summed E-state index contributed by atoms with van der Waals surface area (Å²) in [4.78, 5) is 14.6. The number of carbonyl (C=O) groups excluding carboxylic acids is 1. The Kier molecular flexibility index (Phi) is 5.12. The van der Waals surface area contributed by atoms with Gasteiger partial charge in [-0.3, -0.25) is 4.79 Å². The monoisotopic (exact) mass is 297 g/mol. The highest BCUT2D eigenvalue weighted by Crippen LogP contribution is 2.28. The molecule has 5 heteroatoms. The van der Waals surface area contributed by atoms with Crippen molar-refractivity contribution < 1.29 is 14.3 Å². The van der Waals surface area contributed by atoms with Gasteiger partial charge in [0.15, 0.2) is 0 Å². The van der Waals surface area contributed by atoms with Crippen molar-refractivity contribution in [2.24, 2.45) is 0 Å². The normalized spacial score (nSPS) is 18.8. The van der Waals surface area contributed by atoms with Crippen LogP contribution in [0.25, 0.3) is 0 Å². The Morgan fingerprint density at radius 3 is 2.80 bits per heavy atom. The van der Waals surface area contributed by atoms with Gasteiger partial charge in [0.2, 0.25) is 0 Å². The van der Waals surface area contributed by atoms with Gasteiger partial charge in [-0.15, -0.1) is 11.6 Å². The predicted molar refractivity (Wildman–Crippen MR) is 78.9 cm³/mol. The molecule has 1 saturated heterocycles. The number of likely N-dealkylation sites (tertiary alicyclic amines) is 1. The molecular formula is C15H20ClNO3. The molecular weight excluding hydrogens is 278 g/mol. The van der Waals surface area contributed by atoms with Gasteiger partial charge in [-0.05, 0) is 37.5 Å². The van der Waals surface area contributed by atoms with Gasteiger partial charge in [0.1, 0.15) is 11.5 Å². The SMILES string of the molecule is COc1ccc(OC)c(C(=O)N2CCCCC2CCl)c1. The highest BCUT2D eigenvalue weighted by Gasteiger charge is 2.28. The molecule has 20 heavy (non-hydrogen) atoms. The van der Waals surface area contributed by atoms with Crippen LogP contribution in [0, 0.1) is 0 Å². The van der Waals surface area contributed by atoms with Crippen LogP contribution in [0.15, 0.2) is 18.2 Å². The molecule has 0 aromatic heterocycles. The zero-order chi connectivity index (χ0) is 14.5. The summed E-state index contributed by atoms with van der Waals surface area (Å²) in [6.07, 6.45) is 3.10. The van der Waals surface area contributed by atoms with E-state index in [1.54, 1.807) is 32.4 Å². The van der Waals surface area contributed by atoms with Crippen LogP contribution in [-0.4, -0.2) is 43.5 Å². The van der Waals surface area contributed by atoms with Gasteiger partial charge in [-0.25, -0.2) is 0 Å². The second-order valence-electron chi connectivity index (χ2n) is 4.87. The lowest BCUT2D eigenvalue weighted by Crippen LogP contribution is -2.44. The van der Waals surface area contributed by atoms with E-state index in [1.165, 1.54) is 0 Å². The molecule has 2 rings (SSSR count). The molecule has 1 unspecified atom stereocenters. The number of piperidine rings is 1. The van der Waals surface area contributed by atoms with Crippen LogP contribution in [0.1, 0.15) is 29.6 Å². The molecule has 0 spiro atoms. The van der Waals surface area contributed by atoms with Crippen LogP contribution in [0.2, 0.25) is 0 Å². The lowest BCUT2D eigenvalue weighted by atomic mass is 10.0. The standard InChI is InChI=1S/C15H20ClNO3/c1-19-12-6-7-14(20-2)13(9-12)15(18)17-8-4-3-5-11(17)10-16/h6-7,9,11H,3-5,8,10H2,1-2H3. The minimum absolute atomic E-state index is 0.0360. The highest BCUT2D eigenvalue weighted by molar-refractivity contribution is 6.18. The first kappa shape index (κ1) is 15.0. The third-order valence-corrected chi connectivity index (χ3v) is 4.06. The van der Waals surface area contributed by atoms with Crippen molar-refractivity contribution in [3.63, 3.8) is 0 Å². The van der Waals surface area contributed by atoms with Gasteiger partial charge in [-0.2, -0.15) is 0 Å². The number of carbonyl (C=O) groups is 1. The van der Waals surface area contributed by atoms with Gasteiger partial charge in [0.25, 0.3) is 5.91 Å². The molecule has 1 aromatic rings. The first-order valence-corrected chi connectivity index (χ1v) is 7.33. The second kappa shape index (κ2) is 6.84. The number of methoxy groups -OCH3 is 2. The molecule has 1 aromatic carbocycles. The Morgan fingerprint density at radius 1 is 1.35 bits per heavy atom. The van der Waals surface area contributed by atoms with Crippen molar-refractivity contribution in [2.45, 2.75) is 25.3 Å². The van der Waals surface area contributed by atoms with Gasteiger partial charge in [-0.1, -0.05) is 0 Å². The lowest BCUT2D eigenvalue weighted by molar-refractivity contribution is 0.0635. The van der Waals surface area contributed by atoms with E-state index in [-0.39, 0.29) is 11.9 Å². The van der Waals surface area contributed by atoms with E-state index >= 15 is 0 Å². The van der Waals surface area contributed by atoms with Crippen LogP contribution >= 0.6 is 11.6 Å². The van der Waals surface area contributed by atoms with Gasteiger partial charge >= 0.3 is 0 Å². The number of hydrogen-bond donors (Lipinski definition) is 0. The van der Waals surface area contributed by atoms with E-state index in [0.717, 1.165) is 25.8 Å². The van der Waals surface area contributed by atoms with Gasteiger partial charge < -0.3 is 14.4 Å². The molecule has 0 saturated carbocycles. The number of benzene rings is 1. The summed E-state index contributed by atoms with van der Waals surface area (Å²) in [5.41, 5.74) is 0.531. The smallest absolute Gasteiger partial charge is 0.258 e. The zero-order valence-electron chi connectivity index (χ0n) is 11.9. The Bertz CT molecular complexity index is 478. The molecule has 4 nitrogen and oxygen atoms in total. The summed E-state index contributed by atoms with van der Waals surface area (Å²) in [6, 6.07) is 5.37. The van der Waals surface area contributed by atoms with Crippen LogP contribution < -0.4 is 9.47 Å². The molecule has 1 fully saturated rings. The zero-order valence-corrected chi connectivity index (χ0v) is 12.7. The average molecular weight is 298 g/mol. The van der Waals surface area contributed by atoms with E-state index in [4.69, 9.17) is 21.1 Å². The first-order valence-electron chi connectivity index (χ1n) is 6.80. The molecule has 0 N–H and O–H groups in total. The number of alkyl halides is 1. The molecule has 0 radical (unpaired) electrons. The quantitative estimate of drug-likeness (QED) is 0.802. The van der Waals surface area contributed by atoms with E-state index in [2.05, 4.69) is 0 Å². The largest absolute Gasteiger partial charge is 0.497 e. The lowest BCUT2D eigenvalue weighted by Gasteiger charge is -2.35. The molecule has 110 valence electrons. The van der Waals surface area contributed by atoms with Crippen molar-refractivity contribution in [3.8, 4) is 11.5 Å². The molecule has 1 aliphatic heterocycles. The van der Waals surface area contributed by atoms with Crippen molar-refractivity contribution in [1.82, 2.24) is 4.90 Å². The summed E-state index contributed by atoms with van der Waals surface area (Å²) in [6.45, 7) is 0.747. The molecule has 1 atom stereocenters.